The highest BCUT2D eigenvalue weighted by atomic mass is 16.7. The van der Waals surface area contributed by atoms with Crippen molar-refractivity contribution in [3.63, 3.8) is 0 Å². The highest BCUT2D eigenvalue weighted by Gasteiger charge is 2.17. The normalized spacial score (nSPS) is 18.9. The topological polar surface area (TPSA) is 58.6 Å². The summed E-state index contributed by atoms with van der Waals surface area (Å²) in [6.45, 7) is 3.37. The van der Waals surface area contributed by atoms with Gasteiger partial charge in [-0.05, 0) is 19.8 Å². The van der Waals surface area contributed by atoms with Crippen molar-refractivity contribution >= 4 is 12.4 Å². The minimum atomic E-state index is -0.471. The Morgan fingerprint density at radius 3 is 2.79 bits per heavy atom. The van der Waals surface area contributed by atoms with Gasteiger partial charge in [0.05, 0.1) is 0 Å². The Kier molecular flexibility index (Phi) is 4.39. The molecule has 1 rings (SSSR count). The van der Waals surface area contributed by atoms with E-state index in [1.807, 2.05) is 0 Å². The molecule has 0 spiro atoms. The van der Waals surface area contributed by atoms with Crippen molar-refractivity contribution in [3.05, 3.63) is 0 Å². The molecule has 0 aromatic carbocycles. The fraction of sp³-hybridized carbons (Fsp3) is 0.778. The molecule has 0 aromatic heterocycles. The van der Waals surface area contributed by atoms with Crippen LogP contribution in [-0.4, -0.2) is 36.6 Å². The van der Waals surface area contributed by atoms with E-state index in [4.69, 9.17) is 4.84 Å². The number of hydroxylamine groups is 2. The van der Waals surface area contributed by atoms with Crippen LogP contribution < -0.4 is 5.32 Å². The first-order valence-electron chi connectivity index (χ1n) is 4.89. The second kappa shape index (κ2) is 5.59. The van der Waals surface area contributed by atoms with Crippen LogP contribution in [0.1, 0.15) is 26.2 Å². The van der Waals surface area contributed by atoms with Gasteiger partial charge in [0.2, 0.25) is 0 Å². The van der Waals surface area contributed by atoms with Crippen LogP contribution in [0.15, 0.2) is 0 Å². The number of hydrogen-bond acceptors (Lipinski definition) is 4. The zero-order valence-corrected chi connectivity index (χ0v) is 8.36. The third kappa shape index (κ3) is 3.74. The molecule has 0 aliphatic carbocycles. The molecule has 14 heavy (non-hydrogen) atoms. The predicted molar refractivity (Wildman–Crippen MR) is 50.6 cm³/mol. The zero-order valence-electron chi connectivity index (χ0n) is 8.36. The van der Waals surface area contributed by atoms with E-state index in [1.165, 1.54) is 0 Å². The predicted octanol–water partition coefficient (Wildman–Crippen LogP) is 0.701. The maximum atomic E-state index is 11.2. The first kappa shape index (κ1) is 11.0. The minimum absolute atomic E-state index is 0.164. The lowest BCUT2D eigenvalue weighted by Crippen LogP contribution is -2.37. The smallest absolute Gasteiger partial charge is 0.351 e. The molecule has 1 atom stereocenters. The van der Waals surface area contributed by atoms with Gasteiger partial charge in [0.25, 0.3) is 0 Å². The molecule has 1 aliphatic heterocycles. The Balaban J connectivity index is 2.17. The lowest BCUT2D eigenvalue weighted by molar-refractivity contribution is -0.108. The van der Waals surface area contributed by atoms with E-state index in [9.17, 15) is 9.59 Å². The van der Waals surface area contributed by atoms with E-state index in [0.717, 1.165) is 32.2 Å². The van der Waals surface area contributed by atoms with Crippen LogP contribution >= 0.6 is 0 Å². The average Bonchev–Trinajstić information content (AvgIpc) is 2.56. The summed E-state index contributed by atoms with van der Waals surface area (Å²) in [4.78, 5) is 26.3. The SMILES string of the molecule is CC(CC=O)NC(=O)ON1CCCC1. The summed E-state index contributed by atoms with van der Waals surface area (Å²) in [6, 6.07) is -0.164. The molecule has 5 heteroatoms. The van der Waals surface area contributed by atoms with Crippen molar-refractivity contribution in [2.75, 3.05) is 13.1 Å². The highest BCUT2D eigenvalue weighted by Crippen LogP contribution is 2.07. The van der Waals surface area contributed by atoms with Crippen LogP contribution in [0.25, 0.3) is 0 Å². The van der Waals surface area contributed by atoms with E-state index in [1.54, 1.807) is 12.0 Å². The first-order valence-corrected chi connectivity index (χ1v) is 4.89. The summed E-state index contributed by atoms with van der Waals surface area (Å²) in [5, 5.41) is 4.22. The van der Waals surface area contributed by atoms with Gasteiger partial charge in [-0.15, -0.1) is 5.06 Å². The first-order chi connectivity index (χ1) is 6.72. The van der Waals surface area contributed by atoms with Crippen molar-refractivity contribution in [1.29, 1.82) is 0 Å². The van der Waals surface area contributed by atoms with Gasteiger partial charge in [-0.25, -0.2) is 4.79 Å². The summed E-state index contributed by atoms with van der Waals surface area (Å²) in [5.41, 5.74) is 0. The van der Waals surface area contributed by atoms with Crippen LogP contribution in [-0.2, 0) is 9.63 Å². The van der Waals surface area contributed by atoms with E-state index in [-0.39, 0.29) is 6.04 Å². The largest absolute Gasteiger partial charge is 0.426 e. The molecular weight excluding hydrogens is 184 g/mol. The molecule has 1 fully saturated rings. The van der Waals surface area contributed by atoms with Crippen LogP contribution in [0.5, 0.6) is 0 Å². The third-order valence-corrected chi connectivity index (χ3v) is 2.09. The molecule has 1 heterocycles. The van der Waals surface area contributed by atoms with Gasteiger partial charge in [0, 0.05) is 25.6 Å². The number of amides is 1. The molecule has 1 N–H and O–H groups in total. The van der Waals surface area contributed by atoms with Crippen LogP contribution in [0, 0.1) is 0 Å². The molecule has 0 aromatic rings. The van der Waals surface area contributed by atoms with Crippen molar-refractivity contribution < 1.29 is 14.4 Å². The van der Waals surface area contributed by atoms with E-state index in [0.29, 0.717) is 6.42 Å². The summed E-state index contributed by atoms with van der Waals surface area (Å²) >= 11 is 0. The minimum Gasteiger partial charge on any atom is -0.351 e. The zero-order chi connectivity index (χ0) is 10.4. The second-order valence-electron chi connectivity index (χ2n) is 3.46. The summed E-state index contributed by atoms with van der Waals surface area (Å²) < 4.78 is 0. The number of aldehydes is 1. The molecular formula is C9H16N2O3. The van der Waals surface area contributed by atoms with Crippen molar-refractivity contribution in [2.45, 2.75) is 32.2 Å². The van der Waals surface area contributed by atoms with Crippen molar-refractivity contribution in [1.82, 2.24) is 10.4 Å². The number of carbonyl (C=O) groups excluding carboxylic acids is 2. The van der Waals surface area contributed by atoms with Gasteiger partial charge in [0.15, 0.2) is 0 Å². The monoisotopic (exact) mass is 200 g/mol. The lowest BCUT2D eigenvalue weighted by Gasteiger charge is -2.16. The second-order valence-corrected chi connectivity index (χ2v) is 3.46. The van der Waals surface area contributed by atoms with Crippen LogP contribution in [0.2, 0.25) is 0 Å². The number of nitrogens with zero attached hydrogens (tertiary/aromatic N) is 1. The van der Waals surface area contributed by atoms with Crippen molar-refractivity contribution in [3.8, 4) is 0 Å². The quantitative estimate of drug-likeness (QED) is 0.679. The van der Waals surface area contributed by atoms with Gasteiger partial charge >= 0.3 is 6.09 Å². The van der Waals surface area contributed by atoms with Gasteiger partial charge < -0.3 is 14.9 Å². The molecule has 1 saturated heterocycles. The van der Waals surface area contributed by atoms with E-state index in [2.05, 4.69) is 5.32 Å². The maximum Gasteiger partial charge on any atom is 0.426 e. The van der Waals surface area contributed by atoms with Gasteiger partial charge in [-0.3, -0.25) is 0 Å². The standard InChI is InChI=1S/C9H16N2O3/c1-8(4-7-12)10-9(13)14-11-5-2-3-6-11/h7-8H,2-6H2,1H3,(H,10,13). The third-order valence-electron chi connectivity index (χ3n) is 2.09. The number of rotatable bonds is 4. The molecule has 0 radical (unpaired) electrons. The molecule has 0 saturated carbocycles. The molecule has 80 valence electrons. The van der Waals surface area contributed by atoms with Crippen LogP contribution in [0.4, 0.5) is 4.79 Å². The molecule has 5 nitrogen and oxygen atoms in total. The van der Waals surface area contributed by atoms with E-state index >= 15 is 0 Å². The Labute approximate surface area is 83.4 Å². The van der Waals surface area contributed by atoms with Gasteiger partial charge in [0.1, 0.15) is 6.29 Å². The van der Waals surface area contributed by atoms with Gasteiger partial charge in [-0.1, -0.05) is 0 Å². The Bertz CT molecular complexity index is 202. The Morgan fingerprint density at radius 1 is 1.57 bits per heavy atom. The fourth-order valence-corrected chi connectivity index (χ4v) is 1.33. The number of carbonyl (C=O) groups is 2. The van der Waals surface area contributed by atoms with Crippen LogP contribution in [0.3, 0.4) is 0 Å². The molecule has 1 unspecified atom stereocenters. The summed E-state index contributed by atoms with van der Waals surface area (Å²) in [6.07, 6.45) is 2.76. The van der Waals surface area contributed by atoms with Gasteiger partial charge in [-0.2, -0.15) is 0 Å². The highest BCUT2D eigenvalue weighted by molar-refractivity contribution is 5.67. The van der Waals surface area contributed by atoms with E-state index < -0.39 is 6.09 Å². The summed E-state index contributed by atoms with van der Waals surface area (Å²) in [7, 11) is 0. The Hall–Kier alpha value is -1.10. The number of hydrogen-bond donors (Lipinski definition) is 1. The molecule has 1 amide bonds. The Morgan fingerprint density at radius 2 is 2.21 bits per heavy atom. The molecule has 0 bridgehead atoms. The average molecular weight is 200 g/mol. The fourth-order valence-electron chi connectivity index (χ4n) is 1.33. The maximum absolute atomic E-state index is 11.2. The summed E-state index contributed by atoms with van der Waals surface area (Å²) in [5.74, 6) is 0. The lowest BCUT2D eigenvalue weighted by atomic mass is 10.3. The number of nitrogens with one attached hydrogen (secondary N) is 1. The van der Waals surface area contributed by atoms with Crippen molar-refractivity contribution in [2.24, 2.45) is 0 Å². The molecule has 1 aliphatic rings.